The van der Waals surface area contributed by atoms with Gasteiger partial charge in [0.15, 0.2) is 0 Å². The van der Waals surface area contributed by atoms with Gasteiger partial charge in [-0.15, -0.1) is 0 Å². The van der Waals surface area contributed by atoms with Gasteiger partial charge in [-0.1, -0.05) is 0 Å². The van der Waals surface area contributed by atoms with Gasteiger partial charge < -0.3 is 18.9 Å². The Hall–Kier alpha value is -1.14. The molecule has 6 nitrogen and oxygen atoms in total. The number of hydrogen-bond acceptors (Lipinski definition) is 6. The second-order valence-corrected chi connectivity index (χ2v) is 7.11. The molecular formula is C15H22O6. The van der Waals surface area contributed by atoms with E-state index >= 15 is 0 Å². The highest BCUT2D eigenvalue weighted by Crippen LogP contribution is 2.54. The van der Waals surface area contributed by atoms with Gasteiger partial charge in [-0.2, -0.15) is 0 Å². The number of cyclic esters (lactones) is 1. The molecule has 0 bridgehead atoms. The fraction of sp³-hybridized carbons (Fsp3) is 0.867. The van der Waals surface area contributed by atoms with Gasteiger partial charge in [0.25, 0.3) is 0 Å². The average molecular weight is 298 g/mol. The van der Waals surface area contributed by atoms with Crippen LogP contribution in [0.25, 0.3) is 0 Å². The van der Waals surface area contributed by atoms with Crippen molar-refractivity contribution in [2.75, 3.05) is 26.6 Å². The number of fused-ring (bicyclic) bond motifs is 4. The first kappa shape index (κ1) is 14.8. The van der Waals surface area contributed by atoms with Gasteiger partial charge in [0.05, 0.1) is 24.5 Å². The number of carbonyl (C=O) groups excluding carboxylic acids is 2. The highest BCUT2D eigenvalue weighted by atomic mass is 16.7. The minimum absolute atomic E-state index is 0.0805. The fourth-order valence-electron chi connectivity index (χ4n) is 3.51. The molecule has 0 aromatic carbocycles. The predicted molar refractivity (Wildman–Crippen MR) is 71.0 cm³/mol. The van der Waals surface area contributed by atoms with Crippen LogP contribution >= 0.6 is 0 Å². The molecule has 0 aromatic rings. The minimum atomic E-state index is -0.552. The second-order valence-electron chi connectivity index (χ2n) is 7.11. The third-order valence-corrected chi connectivity index (χ3v) is 4.67. The minimum Gasteiger partial charge on any atom is -0.461 e. The van der Waals surface area contributed by atoms with Crippen molar-refractivity contribution in [1.82, 2.24) is 0 Å². The van der Waals surface area contributed by atoms with Gasteiger partial charge in [-0.05, 0) is 26.7 Å². The summed E-state index contributed by atoms with van der Waals surface area (Å²) in [5.41, 5.74) is -0.552. The molecule has 0 amide bonds. The van der Waals surface area contributed by atoms with Crippen molar-refractivity contribution < 1.29 is 28.5 Å². The van der Waals surface area contributed by atoms with Crippen LogP contribution in [0.2, 0.25) is 0 Å². The van der Waals surface area contributed by atoms with E-state index in [1.54, 1.807) is 20.8 Å². The van der Waals surface area contributed by atoms with Crippen molar-refractivity contribution in [2.45, 2.75) is 26.9 Å². The van der Waals surface area contributed by atoms with Crippen LogP contribution in [-0.4, -0.2) is 44.7 Å². The Bertz CT molecular complexity index is 440. The average Bonchev–Trinajstić information content (AvgIpc) is 2.53. The molecule has 1 saturated carbocycles. The lowest BCUT2D eigenvalue weighted by Crippen LogP contribution is -2.53. The number of carbonyl (C=O) groups is 2. The van der Waals surface area contributed by atoms with Gasteiger partial charge in [0.2, 0.25) is 0 Å². The first-order valence-electron chi connectivity index (χ1n) is 7.43. The van der Waals surface area contributed by atoms with E-state index in [0.29, 0.717) is 13.2 Å². The highest BCUT2D eigenvalue weighted by molar-refractivity contribution is 5.78. The molecule has 0 radical (unpaired) electrons. The molecule has 0 aromatic heterocycles. The van der Waals surface area contributed by atoms with E-state index < -0.39 is 5.41 Å². The Morgan fingerprint density at radius 2 is 1.90 bits per heavy atom. The zero-order valence-corrected chi connectivity index (χ0v) is 12.7. The molecule has 118 valence electrons. The topological polar surface area (TPSA) is 71.1 Å². The standard InChI is InChI=1S/C15H22O6/c1-15(2,3)14(17)20-6-10-11-8-4-18-7-19-5-9(8)12(11)13(16)21-10/h8-12H,4-7H2,1-3H3/t8-,9-,10-,11-,12-/m1/s1. The maximum atomic E-state index is 12.0. The van der Waals surface area contributed by atoms with Gasteiger partial charge >= 0.3 is 11.9 Å². The Morgan fingerprint density at radius 1 is 1.24 bits per heavy atom. The summed E-state index contributed by atoms with van der Waals surface area (Å²) in [5, 5.41) is 0. The maximum absolute atomic E-state index is 12.0. The molecule has 3 fully saturated rings. The summed E-state index contributed by atoms with van der Waals surface area (Å²) in [6.45, 7) is 6.93. The molecule has 21 heavy (non-hydrogen) atoms. The molecule has 2 heterocycles. The van der Waals surface area contributed by atoms with Gasteiger partial charge in [-0.25, -0.2) is 0 Å². The first-order chi connectivity index (χ1) is 9.89. The smallest absolute Gasteiger partial charge is 0.311 e. The third kappa shape index (κ3) is 2.55. The van der Waals surface area contributed by atoms with Crippen molar-refractivity contribution >= 4 is 11.9 Å². The van der Waals surface area contributed by atoms with Gasteiger partial charge in [0, 0.05) is 11.8 Å². The summed E-state index contributed by atoms with van der Waals surface area (Å²) in [6, 6.07) is 0. The molecule has 6 heteroatoms. The molecule has 3 aliphatic rings. The van der Waals surface area contributed by atoms with Crippen molar-refractivity contribution in [3.05, 3.63) is 0 Å². The highest BCUT2D eigenvalue weighted by Gasteiger charge is 2.63. The molecule has 0 N–H and O–H groups in total. The normalized spacial score (nSPS) is 38.6. The van der Waals surface area contributed by atoms with Gasteiger partial charge in [-0.3, -0.25) is 9.59 Å². The SMILES string of the molecule is CC(C)(C)C(=O)OC[C@H]1OC(=O)[C@@H]2[C@@H]3COCOC[C@H]3[C@@H]21. The van der Waals surface area contributed by atoms with E-state index in [1.165, 1.54) is 0 Å². The number of hydrogen-bond donors (Lipinski definition) is 0. The molecule has 3 rings (SSSR count). The Kier molecular flexibility index (Phi) is 3.69. The lowest BCUT2D eigenvalue weighted by atomic mass is 9.56. The van der Waals surface area contributed by atoms with Crippen molar-refractivity contribution in [3.63, 3.8) is 0 Å². The van der Waals surface area contributed by atoms with E-state index in [4.69, 9.17) is 18.9 Å². The summed E-state index contributed by atoms with van der Waals surface area (Å²) < 4.78 is 21.5. The summed E-state index contributed by atoms with van der Waals surface area (Å²) in [7, 11) is 0. The van der Waals surface area contributed by atoms with Crippen LogP contribution in [0, 0.1) is 29.1 Å². The van der Waals surface area contributed by atoms with E-state index in [0.717, 1.165) is 0 Å². The van der Waals surface area contributed by atoms with Crippen molar-refractivity contribution in [1.29, 1.82) is 0 Å². The first-order valence-corrected chi connectivity index (χ1v) is 7.43. The summed E-state index contributed by atoms with van der Waals surface area (Å²) in [5.74, 6) is -0.0931. The van der Waals surface area contributed by atoms with Gasteiger partial charge in [0.1, 0.15) is 19.5 Å². The van der Waals surface area contributed by atoms with Crippen LogP contribution in [-0.2, 0) is 28.5 Å². The lowest BCUT2D eigenvalue weighted by molar-refractivity contribution is -0.160. The van der Waals surface area contributed by atoms with Crippen LogP contribution in [0.3, 0.4) is 0 Å². The number of rotatable bonds is 2. The van der Waals surface area contributed by atoms with Crippen molar-refractivity contribution in [2.24, 2.45) is 29.1 Å². The van der Waals surface area contributed by atoms with Crippen molar-refractivity contribution in [3.8, 4) is 0 Å². The molecule has 0 unspecified atom stereocenters. The summed E-state index contributed by atoms with van der Waals surface area (Å²) in [4.78, 5) is 23.8. The molecule has 0 spiro atoms. The Balaban J connectivity index is 1.63. The zero-order valence-electron chi connectivity index (χ0n) is 12.7. The Morgan fingerprint density at radius 3 is 2.57 bits per heavy atom. The molecule has 1 aliphatic carbocycles. The molecule has 2 aliphatic heterocycles. The monoisotopic (exact) mass is 298 g/mol. The van der Waals surface area contributed by atoms with Crippen LogP contribution in [0.5, 0.6) is 0 Å². The molecule has 2 saturated heterocycles. The van der Waals surface area contributed by atoms with Crippen LogP contribution < -0.4 is 0 Å². The second kappa shape index (κ2) is 5.25. The van der Waals surface area contributed by atoms with E-state index in [1.807, 2.05) is 0 Å². The lowest BCUT2D eigenvalue weighted by Gasteiger charge is -2.45. The number of esters is 2. The predicted octanol–water partition coefficient (Wildman–Crippen LogP) is 0.984. The Labute approximate surface area is 124 Å². The third-order valence-electron chi connectivity index (χ3n) is 4.67. The molecule has 5 atom stereocenters. The molecular weight excluding hydrogens is 276 g/mol. The van der Waals surface area contributed by atoms with E-state index in [2.05, 4.69) is 0 Å². The van der Waals surface area contributed by atoms with Crippen LogP contribution in [0.4, 0.5) is 0 Å². The summed E-state index contributed by atoms with van der Waals surface area (Å²) >= 11 is 0. The largest absolute Gasteiger partial charge is 0.461 e. The number of ether oxygens (including phenoxy) is 4. The fourth-order valence-corrected chi connectivity index (χ4v) is 3.51. The van der Waals surface area contributed by atoms with Crippen LogP contribution in [0.1, 0.15) is 20.8 Å². The van der Waals surface area contributed by atoms with Crippen LogP contribution in [0.15, 0.2) is 0 Å². The maximum Gasteiger partial charge on any atom is 0.311 e. The zero-order chi connectivity index (χ0) is 15.2. The quantitative estimate of drug-likeness (QED) is 0.708. The van der Waals surface area contributed by atoms with E-state index in [-0.39, 0.29) is 55.1 Å². The van der Waals surface area contributed by atoms with E-state index in [9.17, 15) is 9.59 Å². The summed E-state index contributed by atoms with van der Waals surface area (Å²) in [6.07, 6.45) is -0.350.